The van der Waals surface area contributed by atoms with E-state index in [9.17, 15) is 0 Å². The molecule has 1 aliphatic rings. The van der Waals surface area contributed by atoms with E-state index in [0.717, 1.165) is 68.3 Å². The van der Waals surface area contributed by atoms with Gasteiger partial charge >= 0.3 is 0 Å². The molecule has 27 heavy (non-hydrogen) atoms. The maximum atomic E-state index is 4.42. The minimum absolute atomic E-state index is 0.684. The largest absolute Gasteiger partial charge is 0.355 e. The van der Waals surface area contributed by atoms with Gasteiger partial charge in [-0.15, -0.1) is 10.2 Å². The molecule has 0 saturated heterocycles. The Morgan fingerprint density at radius 2 is 1.93 bits per heavy atom. The van der Waals surface area contributed by atoms with Gasteiger partial charge in [-0.2, -0.15) is 0 Å². The molecule has 0 radical (unpaired) electrons. The summed E-state index contributed by atoms with van der Waals surface area (Å²) in [6.07, 6.45) is 9.16. The fraction of sp³-hybridized carbons (Fsp3) is 0.421. The summed E-state index contributed by atoms with van der Waals surface area (Å²) in [7, 11) is 0. The zero-order valence-corrected chi connectivity index (χ0v) is 15.5. The van der Waals surface area contributed by atoms with Crippen LogP contribution in [0.4, 0.5) is 5.95 Å². The minimum Gasteiger partial charge on any atom is -0.355 e. The van der Waals surface area contributed by atoms with Crippen LogP contribution in [0.15, 0.2) is 36.9 Å². The molecule has 1 aliphatic heterocycles. The van der Waals surface area contributed by atoms with Crippen LogP contribution in [0.1, 0.15) is 29.7 Å². The minimum atomic E-state index is 0.684. The maximum Gasteiger partial charge on any atom is 0.222 e. The Morgan fingerprint density at radius 3 is 2.70 bits per heavy atom. The highest BCUT2D eigenvalue weighted by atomic mass is 15.3. The number of rotatable bonds is 6. The van der Waals surface area contributed by atoms with Crippen molar-refractivity contribution < 1.29 is 0 Å². The van der Waals surface area contributed by atoms with E-state index in [1.54, 1.807) is 6.20 Å². The van der Waals surface area contributed by atoms with Gasteiger partial charge in [0.15, 0.2) is 0 Å². The van der Waals surface area contributed by atoms with Crippen molar-refractivity contribution in [3.05, 3.63) is 59.7 Å². The smallest absolute Gasteiger partial charge is 0.222 e. The lowest BCUT2D eigenvalue weighted by Crippen LogP contribution is -2.27. The first kappa shape index (κ1) is 17.5. The third kappa shape index (κ3) is 4.28. The number of anilines is 1. The normalized spacial score (nSPS) is 14.6. The highest BCUT2D eigenvalue weighted by Crippen LogP contribution is 2.14. The Kier molecular flexibility index (Phi) is 5.34. The van der Waals surface area contributed by atoms with Gasteiger partial charge in [-0.05, 0) is 18.6 Å². The van der Waals surface area contributed by atoms with Gasteiger partial charge in [-0.3, -0.25) is 9.88 Å². The number of aromatic nitrogens is 6. The number of pyridine rings is 1. The van der Waals surface area contributed by atoms with Gasteiger partial charge in [-0.1, -0.05) is 6.07 Å². The molecule has 1 N–H and O–H groups in total. The molecule has 0 aromatic carbocycles. The van der Waals surface area contributed by atoms with E-state index in [1.807, 2.05) is 31.6 Å². The lowest BCUT2D eigenvalue weighted by Gasteiger charge is -2.19. The van der Waals surface area contributed by atoms with Crippen molar-refractivity contribution in [1.82, 2.24) is 34.6 Å². The van der Waals surface area contributed by atoms with Crippen LogP contribution in [0.25, 0.3) is 0 Å². The van der Waals surface area contributed by atoms with Gasteiger partial charge in [0.2, 0.25) is 5.95 Å². The van der Waals surface area contributed by atoms with E-state index in [1.165, 1.54) is 0 Å². The van der Waals surface area contributed by atoms with Gasteiger partial charge in [0, 0.05) is 75.9 Å². The van der Waals surface area contributed by atoms with E-state index >= 15 is 0 Å². The van der Waals surface area contributed by atoms with Gasteiger partial charge in [0.1, 0.15) is 11.6 Å². The molecule has 4 heterocycles. The second-order valence-corrected chi connectivity index (χ2v) is 6.69. The van der Waals surface area contributed by atoms with Crippen molar-refractivity contribution in [1.29, 1.82) is 0 Å². The molecule has 0 spiro atoms. The number of nitrogens with zero attached hydrogens (tertiary/aromatic N) is 7. The molecule has 0 atom stereocenters. The predicted molar refractivity (Wildman–Crippen MR) is 102 cm³/mol. The third-order valence-corrected chi connectivity index (χ3v) is 4.73. The Bertz CT molecular complexity index is 859. The first-order valence-corrected chi connectivity index (χ1v) is 9.39. The summed E-state index contributed by atoms with van der Waals surface area (Å²) in [5.41, 5.74) is 2.29. The van der Waals surface area contributed by atoms with Crippen LogP contribution < -0.4 is 5.32 Å². The van der Waals surface area contributed by atoms with Gasteiger partial charge in [-0.25, -0.2) is 9.97 Å². The highest BCUT2D eigenvalue weighted by Gasteiger charge is 2.19. The summed E-state index contributed by atoms with van der Waals surface area (Å²) in [6.45, 7) is 6.53. The molecule has 0 amide bonds. The molecular weight excluding hydrogens is 340 g/mol. The van der Waals surface area contributed by atoms with Gasteiger partial charge < -0.3 is 9.88 Å². The zero-order chi connectivity index (χ0) is 18.5. The summed E-state index contributed by atoms with van der Waals surface area (Å²) in [4.78, 5) is 15.3. The topological polar surface area (TPSA) is 84.7 Å². The molecule has 0 unspecified atom stereocenters. The molecular formula is C19H24N8. The first-order valence-electron chi connectivity index (χ1n) is 9.39. The zero-order valence-electron chi connectivity index (χ0n) is 15.5. The molecule has 0 fully saturated rings. The Balaban J connectivity index is 1.40. The van der Waals surface area contributed by atoms with Crippen LogP contribution in [0.3, 0.4) is 0 Å². The standard InChI is InChI=1S/C19H24N8/c1-2-21-19-22-12-16(13-23-19)14-26-7-5-17-24-25-18(27(17)9-8-26)10-15-4-3-6-20-11-15/h3-4,6,11-13H,2,5,7-10,14H2,1H3,(H,21,22,23). The predicted octanol–water partition coefficient (Wildman–Crippen LogP) is 1.54. The highest BCUT2D eigenvalue weighted by molar-refractivity contribution is 5.24. The molecule has 0 aliphatic carbocycles. The summed E-state index contributed by atoms with van der Waals surface area (Å²) >= 11 is 0. The van der Waals surface area contributed by atoms with Crippen LogP contribution in [-0.2, 0) is 25.9 Å². The SMILES string of the molecule is CCNc1ncc(CN2CCc3nnc(Cc4cccnc4)n3CC2)cn1. The number of nitrogens with one attached hydrogen (secondary N) is 1. The van der Waals surface area contributed by atoms with Crippen LogP contribution in [0.5, 0.6) is 0 Å². The molecule has 3 aromatic rings. The van der Waals surface area contributed by atoms with Crippen LogP contribution in [-0.4, -0.2) is 54.3 Å². The molecule has 0 saturated carbocycles. The number of hydrogen-bond donors (Lipinski definition) is 1. The van der Waals surface area contributed by atoms with Gasteiger partial charge in [0.25, 0.3) is 0 Å². The fourth-order valence-electron chi connectivity index (χ4n) is 3.34. The maximum absolute atomic E-state index is 4.42. The number of hydrogen-bond acceptors (Lipinski definition) is 7. The van der Waals surface area contributed by atoms with E-state index in [0.29, 0.717) is 5.95 Å². The fourth-order valence-corrected chi connectivity index (χ4v) is 3.34. The van der Waals surface area contributed by atoms with Crippen LogP contribution in [0.2, 0.25) is 0 Å². The summed E-state index contributed by atoms with van der Waals surface area (Å²) < 4.78 is 2.26. The van der Waals surface area contributed by atoms with Crippen molar-refractivity contribution in [2.24, 2.45) is 0 Å². The summed E-state index contributed by atoms with van der Waals surface area (Å²) in [5, 5.41) is 12.0. The average molecular weight is 364 g/mol. The van der Waals surface area contributed by atoms with Crippen LogP contribution >= 0.6 is 0 Å². The van der Waals surface area contributed by atoms with E-state index in [4.69, 9.17) is 0 Å². The lowest BCUT2D eigenvalue weighted by molar-refractivity contribution is 0.270. The molecule has 8 heteroatoms. The molecule has 8 nitrogen and oxygen atoms in total. The van der Waals surface area contributed by atoms with Crippen molar-refractivity contribution in [2.75, 3.05) is 25.0 Å². The Hall–Kier alpha value is -2.87. The van der Waals surface area contributed by atoms with Gasteiger partial charge in [0.05, 0.1) is 0 Å². The first-order chi connectivity index (χ1) is 13.3. The van der Waals surface area contributed by atoms with E-state index < -0.39 is 0 Å². The third-order valence-electron chi connectivity index (χ3n) is 4.73. The Labute approximate surface area is 158 Å². The summed E-state index contributed by atoms with van der Waals surface area (Å²) in [6, 6.07) is 4.04. The number of fused-ring (bicyclic) bond motifs is 1. The molecule has 0 bridgehead atoms. The monoisotopic (exact) mass is 364 g/mol. The molecule has 4 rings (SSSR count). The Morgan fingerprint density at radius 1 is 1.04 bits per heavy atom. The van der Waals surface area contributed by atoms with E-state index in [-0.39, 0.29) is 0 Å². The van der Waals surface area contributed by atoms with Crippen molar-refractivity contribution in [3.8, 4) is 0 Å². The van der Waals surface area contributed by atoms with Crippen LogP contribution in [0, 0.1) is 0 Å². The van der Waals surface area contributed by atoms with Crippen molar-refractivity contribution in [2.45, 2.75) is 32.9 Å². The quantitative estimate of drug-likeness (QED) is 0.710. The molecule has 140 valence electrons. The lowest BCUT2D eigenvalue weighted by atomic mass is 10.2. The second-order valence-electron chi connectivity index (χ2n) is 6.69. The summed E-state index contributed by atoms with van der Waals surface area (Å²) in [5.74, 6) is 2.76. The second kappa shape index (κ2) is 8.22. The van der Waals surface area contributed by atoms with Crippen molar-refractivity contribution in [3.63, 3.8) is 0 Å². The average Bonchev–Trinajstić information content (AvgIpc) is 2.96. The van der Waals surface area contributed by atoms with E-state index in [2.05, 4.69) is 46.0 Å². The van der Waals surface area contributed by atoms with Crippen molar-refractivity contribution >= 4 is 5.95 Å². The molecule has 3 aromatic heterocycles.